The fourth-order valence-corrected chi connectivity index (χ4v) is 5.22. The van der Waals surface area contributed by atoms with Gasteiger partial charge in [0.05, 0.1) is 11.9 Å². The number of benzene rings is 3. The predicted molar refractivity (Wildman–Crippen MR) is 162 cm³/mol. The number of sulfonamides is 1. The van der Waals surface area contributed by atoms with Gasteiger partial charge in [0.25, 0.3) is 0 Å². The fraction of sp³-hybridized carbons (Fsp3) is 0.355. The van der Waals surface area contributed by atoms with Gasteiger partial charge in [-0.15, -0.1) is 0 Å². The minimum atomic E-state index is -3.81. The number of hydrogen-bond acceptors (Lipinski definition) is 4. The number of nitrogens with zero attached hydrogens (tertiary/aromatic N) is 2. The molecule has 3 rings (SSSR count). The minimum Gasteiger partial charge on any atom is -0.354 e. The van der Waals surface area contributed by atoms with Crippen molar-refractivity contribution in [1.29, 1.82) is 0 Å². The molecule has 0 aromatic heterocycles. The topological polar surface area (TPSA) is 86.8 Å². The van der Waals surface area contributed by atoms with E-state index < -0.39 is 28.5 Å². The molecule has 0 fully saturated rings. The summed E-state index contributed by atoms with van der Waals surface area (Å²) in [5.41, 5.74) is 3.97. The van der Waals surface area contributed by atoms with E-state index in [9.17, 15) is 18.0 Å². The maximum Gasteiger partial charge on any atom is 0.244 e. The molecule has 40 heavy (non-hydrogen) atoms. The van der Waals surface area contributed by atoms with E-state index in [0.717, 1.165) is 32.8 Å². The summed E-state index contributed by atoms with van der Waals surface area (Å²) in [5, 5.41) is 3.53. The van der Waals surface area contributed by atoms with Crippen LogP contribution in [0.2, 0.25) is 5.02 Å². The van der Waals surface area contributed by atoms with E-state index in [2.05, 4.69) is 5.32 Å². The molecule has 1 atom stereocenters. The second kappa shape index (κ2) is 13.8. The van der Waals surface area contributed by atoms with Crippen LogP contribution in [0.5, 0.6) is 0 Å². The van der Waals surface area contributed by atoms with Crippen LogP contribution in [-0.2, 0) is 32.6 Å². The number of anilines is 1. The summed E-state index contributed by atoms with van der Waals surface area (Å²) in [5.74, 6) is -0.566. The zero-order chi connectivity index (χ0) is 29.4. The molecule has 7 nitrogen and oxygen atoms in total. The number of rotatable bonds is 12. The van der Waals surface area contributed by atoms with Crippen molar-refractivity contribution in [2.75, 3.05) is 23.7 Å². The summed E-state index contributed by atoms with van der Waals surface area (Å²) >= 11 is 6.09. The van der Waals surface area contributed by atoms with Gasteiger partial charge < -0.3 is 10.2 Å². The molecule has 214 valence electrons. The van der Waals surface area contributed by atoms with E-state index in [1.807, 2.05) is 64.1 Å². The molecule has 3 aromatic carbocycles. The molecule has 0 aliphatic rings. The average molecular weight is 584 g/mol. The summed E-state index contributed by atoms with van der Waals surface area (Å²) in [7, 11) is -3.81. The van der Waals surface area contributed by atoms with Crippen LogP contribution in [0.25, 0.3) is 0 Å². The Bertz CT molecular complexity index is 1410. The first-order valence-electron chi connectivity index (χ1n) is 13.3. The number of hydrogen-bond donors (Lipinski definition) is 1. The van der Waals surface area contributed by atoms with Crippen molar-refractivity contribution in [2.45, 2.75) is 46.7 Å². The Hall–Kier alpha value is -3.36. The average Bonchev–Trinajstić information content (AvgIpc) is 2.90. The van der Waals surface area contributed by atoms with Crippen LogP contribution in [0.3, 0.4) is 0 Å². The lowest BCUT2D eigenvalue weighted by Gasteiger charge is -2.33. The molecule has 0 bridgehead atoms. The fourth-order valence-electron chi connectivity index (χ4n) is 4.26. The maximum absolute atomic E-state index is 14.1. The van der Waals surface area contributed by atoms with E-state index in [1.165, 1.54) is 4.90 Å². The van der Waals surface area contributed by atoms with Crippen LogP contribution < -0.4 is 9.62 Å². The van der Waals surface area contributed by atoms with E-state index in [1.54, 1.807) is 36.4 Å². The molecule has 0 spiro atoms. The Morgan fingerprint density at radius 3 is 2.12 bits per heavy atom. The van der Waals surface area contributed by atoms with E-state index in [4.69, 9.17) is 11.6 Å². The lowest BCUT2D eigenvalue weighted by Crippen LogP contribution is -2.53. The first kappa shape index (κ1) is 31.2. The molecular formula is C31H38ClN3O4S. The standard InChI is InChI=1S/C31H38ClN3O4S/c1-22(2)19-33-31(37)29(18-25-9-7-6-8-10-25)34(20-26-12-14-27(32)15-13-26)30(36)21-35(40(5,38)39)28-16-11-23(3)24(4)17-28/h6-17,22,29H,18-21H2,1-5H3,(H,33,37)/t29-/m1/s1. The van der Waals surface area contributed by atoms with Gasteiger partial charge in [-0.05, 0) is 66.3 Å². The molecule has 0 heterocycles. The van der Waals surface area contributed by atoms with Gasteiger partial charge >= 0.3 is 0 Å². The predicted octanol–water partition coefficient (Wildman–Crippen LogP) is 5.14. The molecular weight excluding hydrogens is 546 g/mol. The third-order valence-corrected chi connectivity index (χ3v) is 8.07. The number of carbonyl (C=O) groups excluding carboxylic acids is 2. The lowest BCUT2D eigenvalue weighted by molar-refractivity contribution is -0.140. The van der Waals surface area contributed by atoms with Crippen LogP contribution in [0, 0.1) is 19.8 Å². The molecule has 0 unspecified atom stereocenters. The third-order valence-electron chi connectivity index (χ3n) is 6.68. The monoisotopic (exact) mass is 583 g/mol. The van der Waals surface area contributed by atoms with Gasteiger partial charge in [-0.2, -0.15) is 0 Å². The summed E-state index contributed by atoms with van der Waals surface area (Å²) in [4.78, 5) is 29.2. The van der Waals surface area contributed by atoms with Gasteiger partial charge in [0.15, 0.2) is 0 Å². The van der Waals surface area contributed by atoms with Gasteiger partial charge in [0, 0.05) is 24.5 Å². The Labute approximate surface area is 243 Å². The number of nitrogens with one attached hydrogen (secondary N) is 1. The van der Waals surface area contributed by atoms with Gasteiger partial charge in [-0.1, -0.05) is 74.0 Å². The SMILES string of the molecule is Cc1ccc(N(CC(=O)N(Cc2ccc(Cl)cc2)[C@H](Cc2ccccc2)C(=O)NCC(C)C)S(C)(=O)=O)cc1C. The number of amides is 2. The molecule has 0 radical (unpaired) electrons. The minimum absolute atomic E-state index is 0.104. The largest absolute Gasteiger partial charge is 0.354 e. The summed E-state index contributed by atoms with van der Waals surface area (Å²) in [6, 6.07) is 20.9. The zero-order valence-electron chi connectivity index (χ0n) is 23.7. The van der Waals surface area contributed by atoms with Gasteiger partial charge in [-0.25, -0.2) is 8.42 Å². The van der Waals surface area contributed by atoms with E-state index in [-0.39, 0.29) is 24.8 Å². The highest BCUT2D eigenvalue weighted by molar-refractivity contribution is 7.92. The highest BCUT2D eigenvalue weighted by atomic mass is 35.5. The molecule has 0 aliphatic carbocycles. The first-order chi connectivity index (χ1) is 18.8. The normalized spacial score (nSPS) is 12.2. The first-order valence-corrected chi connectivity index (χ1v) is 15.5. The Morgan fingerprint density at radius 1 is 0.900 bits per heavy atom. The highest BCUT2D eigenvalue weighted by Gasteiger charge is 2.33. The summed E-state index contributed by atoms with van der Waals surface area (Å²) < 4.78 is 26.9. The van der Waals surface area contributed by atoms with E-state index in [0.29, 0.717) is 17.3 Å². The highest BCUT2D eigenvalue weighted by Crippen LogP contribution is 2.23. The molecule has 0 aliphatic heterocycles. The Morgan fingerprint density at radius 2 is 1.55 bits per heavy atom. The molecule has 0 saturated heterocycles. The molecule has 1 N–H and O–H groups in total. The van der Waals surface area contributed by atoms with Crippen LogP contribution in [0.15, 0.2) is 72.8 Å². The molecule has 2 amide bonds. The zero-order valence-corrected chi connectivity index (χ0v) is 25.3. The van der Waals surface area contributed by atoms with Crippen molar-refractivity contribution in [3.05, 3.63) is 100 Å². The Kier molecular flexibility index (Phi) is 10.8. The Balaban J connectivity index is 2.05. The van der Waals surface area contributed by atoms with Crippen molar-refractivity contribution < 1.29 is 18.0 Å². The molecule has 3 aromatic rings. The van der Waals surface area contributed by atoms with Gasteiger partial charge in [0.1, 0.15) is 12.6 Å². The number of halogens is 1. The maximum atomic E-state index is 14.1. The van der Waals surface area contributed by atoms with Crippen molar-refractivity contribution in [3.63, 3.8) is 0 Å². The quantitative estimate of drug-likeness (QED) is 0.320. The smallest absolute Gasteiger partial charge is 0.244 e. The van der Waals surface area contributed by atoms with Gasteiger partial charge in [0.2, 0.25) is 21.8 Å². The van der Waals surface area contributed by atoms with Crippen LogP contribution in [0.1, 0.15) is 36.1 Å². The summed E-state index contributed by atoms with van der Waals surface area (Å²) in [6.07, 6.45) is 1.35. The van der Waals surface area contributed by atoms with Crippen LogP contribution in [0.4, 0.5) is 5.69 Å². The van der Waals surface area contributed by atoms with E-state index >= 15 is 0 Å². The second-order valence-corrected chi connectivity index (χ2v) is 12.9. The van der Waals surface area contributed by atoms with Crippen LogP contribution >= 0.6 is 11.6 Å². The molecule has 0 saturated carbocycles. The number of carbonyl (C=O) groups is 2. The lowest BCUT2D eigenvalue weighted by atomic mass is 10.0. The summed E-state index contributed by atoms with van der Waals surface area (Å²) in [6.45, 7) is 7.93. The van der Waals surface area contributed by atoms with Crippen LogP contribution in [-0.4, -0.2) is 50.5 Å². The van der Waals surface area contributed by atoms with Crippen molar-refractivity contribution >= 4 is 39.1 Å². The van der Waals surface area contributed by atoms with Crippen molar-refractivity contribution in [1.82, 2.24) is 10.2 Å². The van der Waals surface area contributed by atoms with Gasteiger partial charge in [-0.3, -0.25) is 13.9 Å². The second-order valence-electron chi connectivity index (χ2n) is 10.5. The number of aryl methyl sites for hydroxylation is 2. The third kappa shape index (κ3) is 8.83. The van der Waals surface area contributed by atoms with Crippen molar-refractivity contribution in [2.24, 2.45) is 5.92 Å². The van der Waals surface area contributed by atoms with Crippen molar-refractivity contribution in [3.8, 4) is 0 Å². The molecule has 9 heteroatoms.